The predicted octanol–water partition coefficient (Wildman–Crippen LogP) is 2.42. The lowest BCUT2D eigenvalue weighted by atomic mass is 9.72. The molecule has 0 bridgehead atoms. The molecule has 7 nitrogen and oxygen atoms in total. The number of carbonyl (C=O) groups is 1. The van der Waals surface area contributed by atoms with Gasteiger partial charge in [0.05, 0.1) is 11.1 Å². The number of hydrogen-bond acceptors (Lipinski definition) is 5. The van der Waals surface area contributed by atoms with E-state index in [1.54, 1.807) is 41.4 Å². The van der Waals surface area contributed by atoms with Crippen LogP contribution in [0.25, 0.3) is 5.82 Å². The number of nitrogens with two attached hydrogens (primary N) is 1. The van der Waals surface area contributed by atoms with E-state index in [1.165, 1.54) is 6.07 Å². The largest absolute Gasteiger partial charge is 0.366 e. The molecule has 0 radical (unpaired) electrons. The van der Waals surface area contributed by atoms with Gasteiger partial charge in [0.1, 0.15) is 11.5 Å². The maximum Gasteiger partial charge on any atom is 0.250 e. The first-order valence-electron chi connectivity index (χ1n) is 8.68. The van der Waals surface area contributed by atoms with Crippen LogP contribution in [0.2, 0.25) is 0 Å². The van der Waals surface area contributed by atoms with Crippen LogP contribution in [0.1, 0.15) is 35.3 Å². The first kappa shape index (κ1) is 17.1. The third-order valence-electron chi connectivity index (χ3n) is 5.24. The fourth-order valence-corrected chi connectivity index (χ4v) is 3.51. The van der Waals surface area contributed by atoms with Crippen molar-refractivity contribution in [3.8, 4) is 5.82 Å². The van der Waals surface area contributed by atoms with Crippen LogP contribution in [0.4, 0.5) is 10.2 Å². The summed E-state index contributed by atoms with van der Waals surface area (Å²) in [5.74, 6) is 0.388. The molecule has 0 aliphatic heterocycles. The molecule has 1 saturated carbocycles. The van der Waals surface area contributed by atoms with E-state index in [0.29, 0.717) is 22.9 Å². The molecule has 3 aromatic rings. The molecule has 1 aliphatic carbocycles. The van der Waals surface area contributed by atoms with Crippen molar-refractivity contribution in [2.75, 3.05) is 11.9 Å². The molecular weight excluding hydrogens is 347 g/mol. The van der Waals surface area contributed by atoms with E-state index in [9.17, 15) is 9.18 Å². The Hall–Kier alpha value is -3.29. The van der Waals surface area contributed by atoms with Crippen molar-refractivity contribution in [3.63, 3.8) is 0 Å². The van der Waals surface area contributed by atoms with Gasteiger partial charge in [0, 0.05) is 25.6 Å². The smallest absolute Gasteiger partial charge is 0.250 e. The zero-order valence-corrected chi connectivity index (χ0v) is 14.8. The van der Waals surface area contributed by atoms with Crippen molar-refractivity contribution in [3.05, 3.63) is 66.0 Å². The van der Waals surface area contributed by atoms with Crippen LogP contribution in [0.3, 0.4) is 0 Å². The van der Waals surface area contributed by atoms with Gasteiger partial charge < -0.3 is 15.2 Å². The van der Waals surface area contributed by atoms with Gasteiger partial charge in [-0.15, -0.1) is 10.2 Å². The van der Waals surface area contributed by atoms with Crippen LogP contribution < -0.4 is 10.6 Å². The van der Waals surface area contributed by atoms with E-state index in [1.807, 2.05) is 18.0 Å². The van der Waals surface area contributed by atoms with E-state index < -0.39 is 11.4 Å². The molecule has 0 atom stereocenters. The summed E-state index contributed by atoms with van der Waals surface area (Å²) in [7, 11) is 1.89. The summed E-state index contributed by atoms with van der Waals surface area (Å²) in [4.78, 5) is 17.5. The Morgan fingerprint density at radius 2 is 2.07 bits per heavy atom. The molecule has 0 spiro atoms. The lowest BCUT2D eigenvalue weighted by Crippen LogP contribution is -2.51. The van der Waals surface area contributed by atoms with Crippen molar-refractivity contribution in [2.24, 2.45) is 5.73 Å². The molecule has 4 rings (SSSR count). The van der Waals surface area contributed by atoms with Gasteiger partial charge in [-0.2, -0.15) is 0 Å². The third kappa shape index (κ3) is 2.83. The minimum Gasteiger partial charge on any atom is -0.366 e. The van der Waals surface area contributed by atoms with Gasteiger partial charge in [-0.3, -0.25) is 9.78 Å². The Morgan fingerprint density at radius 1 is 1.26 bits per heavy atom. The highest BCUT2D eigenvalue weighted by molar-refractivity contribution is 5.92. The van der Waals surface area contributed by atoms with Crippen LogP contribution >= 0.6 is 0 Å². The Bertz CT molecular complexity index is 980. The molecule has 3 aromatic heterocycles. The lowest BCUT2D eigenvalue weighted by Gasteiger charge is -2.48. The summed E-state index contributed by atoms with van der Waals surface area (Å²) in [6, 6.07) is 8.28. The first-order valence-corrected chi connectivity index (χ1v) is 8.68. The Kier molecular flexibility index (Phi) is 4.10. The van der Waals surface area contributed by atoms with Crippen molar-refractivity contribution in [1.82, 2.24) is 19.7 Å². The minimum atomic E-state index is -0.506. The van der Waals surface area contributed by atoms with Gasteiger partial charge in [-0.1, -0.05) is 0 Å². The fourth-order valence-electron chi connectivity index (χ4n) is 3.51. The summed E-state index contributed by atoms with van der Waals surface area (Å²) in [6.07, 6.45) is 7.53. The fraction of sp³-hybridized carbons (Fsp3) is 0.263. The molecule has 1 amide bonds. The van der Waals surface area contributed by atoms with Crippen LogP contribution in [0.15, 0.2) is 48.9 Å². The van der Waals surface area contributed by atoms with Crippen LogP contribution in [0, 0.1) is 5.82 Å². The van der Waals surface area contributed by atoms with E-state index >= 15 is 0 Å². The normalized spacial score (nSPS) is 15.2. The van der Waals surface area contributed by atoms with Gasteiger partial charge in [0.25, 0.3) is 0 Å². The number of hydrogen-bond donors (Lipinski definition) is 1. The van der Waals surface area contributed by atoms with Crippen molar-refractivity contribution >= 4 is 11.7 Å². The molecule has 0 unspecified atom stereocenters. The molecule has 1 fully saturated rings. The molecule has 3 heterocycles. The highest BCUT2D eigenvalue weighted by atomic mass is 19.1. The van der Waals surface area contributed by atoms with Crippen LogP contribution in [0.5, 0.6) is 0 Å². The van der Waals surface area contributed by atoms with E-state index in [-0.39, 0.29) is 5.82 Å². The summed E-state index contributed by atoms with van der Waals surface area (Å²) in [5.41, 5.74) is 5.61. The molecule has 27 heavy (non-hydrogen) atoms. The Balaban J connectivity index is 1.63. The molecular formula is C19H19FN6O. The van der Waals surface area contributed by atoms with Crippen LogP contribution in [-0.4, -0.2) is 32.7 Å². The van der Waals surface area contributed by atoms with Gasteiger partial charge in [-0.05, 0) is 49.6 Å². The third-order valence-corrected chi connectivity index (χ3v) is 5.24. The highest BCUT2D eigenvalue weighted by Crippen LogP contribution is 2.47. The Labute approximate surface area is 155 Å². The van der Waals surface area contributed by atoms with Gasteiger partial charge in [-0.25, -0.2) is 4.39 Å². The SMILES string of the molecule is CN(c1ccc(-n2ccc(C(N)=O)c2)nn1)C1(c2ncccc2F)CCC1. The quantitative estimate of drug-likeness (QED) is 0.749. The first-order chi connectivity index (χ1) is 13.0. The average molecular weight is 366 g/mol. The van der Waals surface area contributed by atoms with Crippen LogP contribution in [-0.2, 0) is 5.54 Å². The Morgan fingerprint density at radius 3 is 2.63 bits per heavy atom. The number of rotatable bonds is 5. The maximum absolute atomic E-state index is 14.4. The number of primary amides is 1. The van der Waals surface area contributed by atoms with Gasteiger partial charge >= 0.3 is 0 Å². The zero-order chi connectivity index (χ0) is 19.0. The minimum absolute atomic E-state index is 0.306. The summed E-state index contributed by atoms with van der Waals surface area (Å²) in [5, 5.41) is 8.54. The highest BCUT2D eigenvalue weighted by Gasteiger charge is 2.46. The van der Waals surface area contributed by atoms with Crippen molar-refractivity contribution in [1.29, 1.82) is 0 Å². The number of nitrogens with zero attached hydrogens (tertiary/aromatic N) is 5. The molecule has 8 heteroatoms. The number of halogens is 1. The molecule has 138 valence electrons. The summed E-state index contributed by atoms with van der Waals surface area (Å²) in [6.45, 7) is 0. The van der Waals surface area contributed by atoms with Crippen molar-refractivity contribution in [2.45, 2.75) is 24.8 Å². The molecule has 2 N–H and O–H groups in total. The predicted molar refractivity (Wildman–Crippen MR) is 98.0 cm³/mol. The summed E-state index contributed by atoms with van der Waals surface area (Å²) < 4.78 is 16.0. The number of aromatic nitrogens is 4. The standard InChI is InChI=1S/C19H19FN6O/c1-25(19(8-3-9-19)17-14(20)4-2-10-22-17)15-5-6-16(24-23-15)26-11-7-13(12-26)18(21)27/h2,4-7,10-12H,3,8-9H2,1H3,(H2,21,27). The second-order valence-corrected chi connectivity index (χ2v) is 6.70. The zero-order valence-electron chi connectivity index (χ0n) is 14.8. The second kappa shape index (κ2) is 6.46. The lowest BCUT2D eigenvalue weighted by molar-refractivity contribution is 0.100. The average Bonchev–Trinajstić information content (AvgIpc) is 3.13. The van der Waals surface area contributed by atoms with E-state index in [0.717, 1.165) is 19.3 Å². The maximum atomic E-state index is 14.4. The topological polar surface area (TPSA) is 89.9 Å². The molecule has 1 aliphatic rings. The van der Waals surface area contributed by atoms with E-state index in [4.69, 9.17) is 5.73 Å². The van der Waals surface area contributed by atoms with E-state index in [2.05, 4.69) is 15.2 Å². The van der Waals surface area contributed by atoms with Crippen molar-refractivity contribution < 1.29 is 9.18 Å². The molecule has 0 saturated heterocycles. The van der Waals surface area contributed by atoms with Gasteiger partial charge in [0.15, 0.2) is 11.6 Å². The summed E-state index contributed by atoms with van der Waals surface area (Å²) >= 11 is 0. The number of pyridine rings is 1. The molecule has 0 aromatic carbocycles. The number of carbonyl (C=O) groups excluding carboxylic acids is 1. The number of anilines is 1. The second-order valence-electron chi connectivity index (χ2n) is 6.70. The monoisotopic (exact) mass is 366 g/mol. The van der Waals surface area contributed by atoms with Gasteiger partial charge in [0.2, 0.25) is 5.91 Å². The number of amides is 1.